The van der Waals surface area contributed by atoms with Gasteiger partial charge in [-0.05, 0) is 71.1 Å². The van der Waals surface area contributed by atoms with Gasteiger partial charge in [0.05, 0.1) is 14.2 Å². The first kappa shape index (κ1) is 18.6. The number of methoxy groups -OCH3 is 2. The van der Waals surface area contributed by atoms with Crippen LogP contribution >= 0.6 is 0 Å². The number of hydrogen-bond donors (Lipinski definition) is 0. The van der Waals surface area contributed by atoms with Gasteiger partial charge in [0.15, 0.2) is 0 Å². The zero-order valence-electron chi connectivity index (χ0n) is 16.0. The minimum absolute atomic E-state index is 0.481. The van der Waals surface area contributed by atoms with E-state index in [2.05, 4.69) is 12.6 Å². The van der Waals surface area contributed by atoms with Crippen LogP contribution in [0.25, 0.3) is 5.57 Å². The van der Waals surface area contributed by atoms with Crippen molar-refractivity contribution in [3.8, 4) is 17.2 Å². The molecule has 0 saturated heterocycles. The molecule has 0 bridgehead atoms. The van der Waals surface area contributed by atoms with Gasteiger partial charge in [0.1, 0.15) is 23.9 Å². The number of ether oxygens (including phenoxy) is 3. The standard InChI is InChI=1S/C24H24O3/c1-17-13-21(11-12-24(17)26-4)18(2)20-8-6-10-23(15-20)27-16-19-7-5-9-22(14-19)25-3/h5-15H,2,16H2,1,3-4H3. The van der Waals surface area contributed by atoms with E-state index in [1.54, 1.807) is 14.2 Å². The Morgan fingerprint density at radius 3 is 2.30 bits per heavy atom. The summed E-state index contributed by atoms with van der Waals surface area (Å²) in [5, 5.41) is 0. The molecular weight excluding hydrogens is 336 g/mol. The first-order valence-electron chi connectivity index (χ1n) is 8.81. The summed E-state index contributed by atoms with van der Waals surface area (Å²) in [6.45, 7) is 6.77. The van der Waals surface area contributed by atoms with E-state index in [0.29, 0.717) is 6.61 Å². The summed E-state index contributed by atoms with van der Waals surface area (Å²) in [6.07, 6.45) is 0. The van der Waals surface area contributed by atoms with E-state index in [4.69, 9.17) is 14.2 Å². The van der Waals surface area contributed by atoms with Crippen molar-refractivity contribution < 1.29 is 14.2 Å². The molecule has 0 N–H and O–H groups in total. The minimum atomic E-state index is 0.481. The summed E-state index contributed by atoms with van der Waals surface area (Å²) in [7, 11) is 3.34. The van der Waals surface area contributed by atoms with Crippen molar-refractivity contribution in [3.63, 3.8) is 0 Å². The van der Waals surface area contributed by atoms with Crippen molar-refractivity contribution in [1.82, 2.24) is 0 Å². The number of benzene rings is 3. The fraction of sp³-hybridized carbons (Fsp3) is 0.167. The van der Waals surface area contributed by atoms with Gasteiger partial charge in [0.25, 0.3) is 0 Å². The minimum Gasteiger partial charge on any atom is -0.497 e. The largest absolute Gasteiger partial charge is 0.497 e. The third kappa shape index (κ3) is 4.50. The van der Waals surface area contributed by atoms with E-state index in [9.17, 15) is 0 Å². The van der Waals surface area contributed by atoms with Gasteiger partial charge >= 0.3 is 0 Å². The molecule has 0 amide bonds. The highest BCUT2D eigenvalue weighted by Crippen LogP contribution is 2.28. The molecule has 0 unspecified atom stereocenters. The monoisotopic (exact) mass is 360 g/mol. The Kier molecular flexibility index (Phi) is 5.82. The van der Waals surface area contributed by atoms with E-state index in [1.165, 1.54) is 0 Å². The van der Waals surface area contributed by atoms with Crippen molar-refractivity contribution in [2.24, 2.45) is 0 Å². The summed E-state index contributed by atoms with van der Waals surface area (Å²) >= 11 is 0. The van der Waals surface area contributed by atoms with Gasteiger partial charge < -0.3 is 14.2 Å². The maximum Gasteiger partial charge on any atom is 0.121 e. The molecule has 0 radical (unpaired) electrons. The predicted octanol–water partition coefficient (Wildman–Crippen LogP) is 5.65. The molecule has 0 aliphatic carbocycles. The molecule has 138 valence electrons. The highest BCUT2D eigenvalue weighted by molar-refractivity contribution is 5.79. The summed E-state index contributed by atoms with van der Waals surface area (Å²) in [5.74, 6) is 2.51. The molecule has 3 heteroatoms. The van der Waals surface area contributed by atoms with Crippen LogP contribution in [0.1, 0.15) is 22.3 Å². The van der Waals surface area contributed by atoms with E-state index < -0.39 is 0 Å². The van der Waals surface area contributed by atoms with Crippen LogP contribution in [0.5, 0.6) is 17.2 Å². The smallest absolute Gasteiger partial charge is 0.121 e. The molecule has 3 aromatic rings. The van der Waals surface area contributed by atoms with Crippen molar-refractivity contribution in [2.75, 3.05) is 14.2 Å². The van der Waals surface area contributed by atoms with Crippen LogP contribution in [0.15, 0.2) is 73.3 Å². The summed E-state index contributed by atoms with van der Waals surface area (Å²) in [5.41, 5.74) is 5.19. The van der Waals surface area contributed by atoms with E-state index in [0.717, 1.165) is 45.1 Å². The third-order valence-corrected chi connectivity index (χ3v) is 4.47. The second-order valence-electron chi connectivity index (χ2n) is 6.33. The second-order valence-corrected chi connectivity index (χ2v) is 6.33. The molecule has 0 spiro atoms. The second kappa shape index (κ2) is 8.45. The van der Waals surface area contributed by atoms with Gasteiger partial charge in [-0.1, -0.05) is 36.9 Å². The lowest BCUT2D eigenvalue weighted by atomic mass is 9.98. The van der Waals surface area contributed by atoms with Crippen LogP contribution in [-0.4, -0.2) is 14.2 Å². The van der Waals surface area contributed by atoms with Crippen LogP contribution in [0.4, 0.5) is 0 Å². The molecule has 3 aromatic carbocycles. The quantitative estimate of drug-likeness (QED) is 0.545. The Morgan fingerprint density at radius 1 is 0.815 bits per heavy atom. The highest BCUT2D eigenvalue weighted by Gasteiger charge is 2.07. The van der Waals surface area contributed by atoms with Crippen molar-refractivity contribution in [3.05, 3.63) is 95.6 Å². The molecule has 0 saturated carbocycles. The highest BCUT2D eigenvalue weighted by atomic mass is 16.5. The Balaban J connectivity index is 1.74. The lowest BCUT2D eigenvalue weighted by Gasteiger charge is -2.12. The lowest BCUT2D eigenvalue weighted by molar-refractivity contribution is 0.305. The molecule has 27 heavy (non-hydrogen) atoms. The summed E-state index contributed by atoms with van der Waals surface area (Å²) in [6, 6.07) is 22.0. The fourth-order valence-electron chi connectivity index (χ4n) is 2.94. The normalized spacial score (nSPS) is 10.3. The van der Waals surface area contributed by atoms with Crippen LogP contribution in [-0.2, 0) is 6.61 Å². The Morgan fingerprint density at radius 2 is 1.56 bits per heavy atom. The Labute approximate surface area is 160 Å². The van der Waals surface area contributed by atoms with Gasteiger partial charge in [-0.25, -0.2) is 0 Å². The van der Waals surface area contributed by atoms with Gasteiger partial charge in [0, 0.05) is 0 Å². The molecule has 0 aliphatic rings. The molecule has 3 nitrogen and oxygen atoms in total. The Bertz CT molecular complexity index is 944. The molecular formula is C24H24O3. The lowest BCUT2D eigenvalue weighted by Crippen LogP contribution is -1.97. The SMILES string of the molecule is C=C(c1cccc(OCc2cccc(OC)c2)c1)c1ccc(OC)c(C)c1. The average Bonchev–Trinajstić information content (AvgIpc) is 2.72. The van der Waals surface area contributed by atoms with Gasteiger partial charge in [-0.2, -0.15) is 0 Å². The maximum absolute atomic E-state index is 5.96. The van der Waals surface area contributed by atoms with Crippen LogP contribution < -0.4 is 14.2 Å². The van der Waals surface area contributed by atoms with Crippen LogP contribution in [0.3, 0.4) is 0 Å². The predicted molar refractivity (Wildman–Crippen MR) is 110 cm³/mol. The zero-order chi connectivity index (χ0) is 19.2. The number of rotatable bonds is 7. The number of aryl methyl sites for hydroxylation is 1. The van der Waals surface area contributed by atoms with E-state index in [-0.39, 0.29) is 0 Å². The first-order valence-corrected chi connectivity index (χ1v) is 8.81. The average molecular weight is 360 g/mol. The molecule has 0 atom stereocenters. The molecule has 0 aliphatic heterocycles. The van der Waals surface area contributed by atoms with Gasteiger partial charge in [-0.15, -0.1) is 0 Å². The molecule has 0 fully saturated rings. The number of hydrogen-bond acceptors (Lipinski definition) is 3. The van der Waals surface area contributed by atoms with Gasteiger partial charge in [0.2, 0.25) is 0 Å². The first-order chi connectivity index (χ1) is 13.1. The Hall–Kier alpha value is -3.20. The van der Waals surface area contributed by atoms with Crippen molar-refractivity contribution in [2.45, 2.75) is 13.5 Å². The van der Waals surface area contributed by atoms with Gasteiger partial charge in [-0.3, -0.25) is 0 Å². The zero-order valence-corrected chi connectivity index (χ0v) is 16.0. The topological polar surface area (TPSA) is 27.7 Å². The maximum atomic E-state index is 5.96. The third-order valence-electron chi connectivity index (χ3n) is 4.47. The van der Waals surface area contributed by atoms with Crippen molar-refractivity contribution in [1.29, 1.82) is 0 Å². The van der Waals surface area contributed by atoms with Crippen LogP contribution in [0.2, 0.25) is 0 Å². The van der Waals surface area contributed by atoms with E-state index in [1.807, 2.05) is 67.6 Å². The van der Waals surface area contributed by atoms with Crippen molar-refractivity contribution >= 4 is 5.57 Å². The molecule has 0 aromatic heterocycles. The fourth-order valence-corrected chi connectivity index (χ4v) is 2.94. The van der Waals surface area contributed by atoms with Crippen LogP contribution in [0, 0.1) is 6.92 Å². The van der Waals surface area contributed by atoms with E-state index >= 15 is 0 Å². The summed E-state index contributed by atoms with van der Waals surface area (Å²) < 4.78 is 16.6. The molecule has 0 heterocycles. The summed E-state index contributed by atoms with van der Waals surface area (Å²) in [4.78, 5) is 0. The molecule has 3 rings (SSSR count).